The van der Waals surface area contributed by atoms with Crippen molar-refractivity contribution < 1.29 is 22.7 Å². The first-order valence-corrected chi connectivity index (χ1v) is 8.92. The Morgan fingerprint density at radius 3 is 2.50 bits per heavy atom. The van der Waals surface area contributed by atoms with Gasteiger partial charge in [0.1, 0.15) is 5.56 Å². The Kier molecular flexibility index (Phi) is 6.07. The highest BCUT2D eigenvalue weighted by molar-refractivity contribution is 7.90. The van der Waals surface area contributed by atoms with E-state index in [1.165, 1.54) is 55.8 Å². The molecule has 9 heteroatoms. The minimum absolute atomic E-state index is 0.00874. The van der Waals surface area contributed by atoms with Crippen molar-refractivity contribution in [3.05, 3.63) is 66.4 Å². The topological polar surface area (TPSA) is 114 Å². The summed E-state index contributed by atoms with van der Waals surface area (Å²) in [5.41, 5.74) is 0.269. The SMILES string of the molecule is C=CCNC(=O)c1ccc(S(=O)(=O)NC(=O)c2cccnc2OC)cc1. The summed E-state index contributed by atoms with van der Waals surface area (Å²) >= 11 is 0. The molecule has 26 heavy (non-hydrogen) atoms. The van der Waals surface area contributed by atoms with Crippen LogP contribution in [0.1, 0.15) is 20.7 Å². The van der Waals surface area contributed by atoms with E-state index >= 15 is 0 Å². The maximum Gasteiger partial charge on any atom is 0.270 e. The van der Waals surface area contributed by atoms with Crippen molar-refractivity contribution in [3.63, 3.8) is 0 Å². The van der Waals surface area contributed by atoms with Gasteiger partial charge in [0.2, 0.25) is 5.88 Å². The van der Waals surface area contributed by atoms with E-state index in [0.717, 1.165) is 0 Å². The number of pyridine rings is 1. The molecule has 1 heterocycles. The predicted molar refractivity (Wildman–Crippen MR) is 94.4 cm³/mol. The van der Waals surface area contributed by atoms with E-state index in [1.807, 2.05) is 4.72 Å². The molecule has 0 saturated carbocycles. The first kappa shape index (κ1) is 19.1. The van der Waals surface area contributed by atoms with Crippen molar-refractivity contribution in [2.45, 2.75) is 4.90 Å². The van der Waals surface area contributed by atoms with Gasteiger partial charge >= 0.3 is 0 Å². The molecule has 2 aromatic rings. The number of carbonyl (C=O) groups is 2. The Morgan fingerprint density at radius 2 is 1.88 bits per heavy atom. The van der Waals surface area contributed by atoms with Gasteiger partial charge < -0.3 is 10.1 Å². The fourth-order valence-electron chi connectivity index (χ4n) is 2.01. The number of nitrogens with zero attached hydrogens (tertiary/aromatic N) is 1. The molecule has 1 aromatic carbocycles. The molecule has 0 atom stereocenters. The molecule has 0 spiro atoms. The summed E-state index contributed by atoms with van der Waals surface area (Å²) in [6.07, 6.45) is 2.94. The maximum absolute atomic E-state index is 12.4. The van der Waals surface area contributed by atoms with Crippen LogP contribution in [0.5, 0.6) is 5.88 Å². The molecular formula is C17H17N3O5S. The zero-order chi connectivity index (χ0) is 19.2. The number of nitrogens with one attached hydrogen (secondary N) is 2. The number of ether oxygens (including phenoxy) is 1. The fraction of sp³-hybridized carbons (Fsp3) is 0.118. The minimum atomic E-state index is -4.12. The summed E-state index contributed by atoms with van der Waals surface area (Å²) in [5, 5.41) is 2.58. The van der Waals surface area contributed by atoms with Crippen molar-refractivity contribution in [2.24, 2.45) is 0 Å². The fourth-order valence-corrected chi connectivity index (χ4v) is 2.98. The Morgan fingerprint density at radius 1 is 1.19 bits per heavy atom. The third kappa shape index (κ3) is 4.45. The second-order valence-corrected chi connectivity index (χ2v) is 6.70. The van der Waals surface area contributed by atoms with E-state index in [1.54, 1.807) is 0 Å². The van der Waals surface area contributed by atoms with Gasteiger partial charge in [-0.2, -0.15) is 0 Å². The van der Waals surface area contributed by atoms with Crippen LogP contribution >= 0.6 is 0 Å². The predicted octanol–water partition coefficient (Wildman–Crippen LogP) is 1.12. The van der Waals surface area contributed by atoms with Crippen LogP contribution < -0.4 is 14.8 Å². The molecule has 0 fully saturated rings. The zero-order valence-corrected chi connectivity index (χ0v) is 14.7. The molecule has 0 radical (unpaired) electrons. The molecule has 8 nitrogen and oxygen atoms in total. The summed E-state index contributed by atoms with van der Waals surface area (Å²) < 4.78 is 31.6. The smallest absolute Gasteiger partial charge is 0.270 e. The van der Waals surface area contributed by atoms with Crippen LogP contribution in [0.25, 0.3) is 0 Å². The van der Waals surface area contributed by atoms with Gasteiger partial charge in [0.15, 0.2) is 0 Å². The van der Waals surface area contributed by atoms with Crippen LogP contribution in [0, 0.1) is 0 Å². The van der Waals surface area contributed by atoms with Crippen molar-refractivity contribution in [1.82, 2.24) is 15.0 Å². The van der Waals surface area contributed by atoms with E-state index < -0.39 is 15.9 Å². The van der Waals surface area contributed by atoms with Crippen molar-refractivity contribution >= 4 is 21.8 Å². The minimum Gasteiger partial charge on any atom is -0.480 e. The number of amides is 2. The Hall–Kier alpha value is -3.20. The van der Waals surface area contributed by atoms with Gasteiger partial charge in [-0.15, -0.1) is 6.58 Å². The van der Waals surface area contributed by atoms with E-state index in [9.17, 15) is 18.0 Å². The number of aromatic nitrogens is 1. The standard InChI is InChI=1S/C17H17N3O5S/c1-3-10-18-15(21)12-6-8-13(9-7-12)26(23,24)20-16(22)14-5-4-11-19-17(14)25-2/h3-9,11H,1,10H2,2H3,(H,18,21)(H,20,22). The van der Waals surface area contributed by atoms with Gasteiger partial charge in [-0.1, -0.05) is 6.08 Å². The average molecular weight is 375 g/mol. The second-order valence-electron chi connectivity index (χ2n) is 5.02. The van der Waals surface area contributed by atoms with Crippen LogP contribution in [0.2, 0.25) is 0 Å². The van der Waals surface area contributed by atoms with Crippen molar-refractivity contribution in [3.8, 4) is 5.88 Å². The molecule has 136 valence electrons. The van der Waals surface area contributed by atoms with Crippen LogP contribution in [0.3, 0.4) is 0 Å². The van der Waals surface area contributed by atoms with Crippen molar-refractivity contribution in [2.75, 3.05) is 13.7 Å². The molecule has 0 bridgehead atoms. The highest BCUT2D eigenvalue weighted by Gasteiger charge is 2.21. The maximum atomic E-state index is 12.4. The van der Waals surface area contributed by atoms with Crippen LogP contribution in [-0.2, 0) is 10.0 Å². The lowest BCUT2D eigenvalue weighted by atomic mass is 10.2. The zero-order valence-electron chi connectivity index (χ0n) is 13.9. The Labute approximate surface area is 151 Å². The first-order chi connectivity index (χ1) is 12.4. The third-order valence-corrected chi connectivity index (χ3v) is 4.62. The second kappa shape index (κ2) is 8.26. The van der Waals surface area contributed by atoms with E-state index in [2.05, 4.69) is 16.9 Å². The monoisotopic (exact) mass is 375 g/mol. The Bertz CT molecular complexity index is 924. The van der Waals surface area contributed by atoms with E-state index in [4.69, 9.17) is 4.74 Å². The highest BCUT2D eigenvalue weighted by Crippen LogP contribution is 2.16. The van der Waals surface area contributed by atoms with E-state index in [-0.39, 0.29) is 27.8 Å². The summed E-state index contributed by atoms with van der Waals surface area (Å²) in [6.45, 7) is 3.78. The average Bonchev–Trinajstić information content (AvgIpc) is 2.65. The van der Waals surface area contributed by atoms with Gasteiger partial charge in [0.25, 0.3) is 21.8 Å². The van der Waals surface area contributed by atoms with Crippen molar-refractivity contribution in [1.29, 1.82) is 0 Å². The lowest BCUT2D eigenvalue weighted by Gasteiger charge is -2.09. The summed E-state index contributed by atoms with van der Waals surface area (Å²) in [4.78, 5) is 27.7. The number of carbonyl (C=O) groups excluding carboxylic acids is 2. The molecule has 0 saturated heterocycles. The van der Waals surface area contributed by atoms with Gasteiger partial charge in [0, 0.05) is 18.3 Å². The van der Waals surface area contributed by atoms with Gasteiger partial charge in [0.05, 0.1) is 12.0 Å². The molecule has 2 N–H and O–H groups in total. The molecule has 0 aliphatic rings. The molecule has 0 aliphatic carbocycles. The number of hydrogen-bond acceptors (Lipinski definition) is 6. The number of rotatable bonds is 7. The summed E-state index contributed by atoms with van der Waals surface area (Å²) in [6, 6.07) is 8.05. The Balaban J connectivity index is 2.18. The quantitative estimate of drug-likeness (QED) is 0.701. The number of benzene rings is 1. The lowest BCUT2D eigenvalue weighted by Crippen LogP contribution is -2.31. The van der Waals surface area contributed by atoms with Gasteiger partial charge in [-0.3, -0.25) is 9.59 Å². The molecular weight excluding hydrogens is 358 g/mol. The van der Waals surface area contributed by atoms with Crippen LogP contribution in [-0.4, -0.2) is 38.9 Å². The molecule has 0 aliphatic heterocycles. The lowest BCUT2D eigenvalue weighted by molar-refractivity contribution is 0.0954. The first-order valence-electron chi connectivity index (χ1n) is 7.44. The highest BCUT2D eigenvalue weighted by atomic mass is 32.2. The molecule has 2 amide bonds. The summed E-state index contributed by atoms with van der Waals surface area (Å²) in [5.74, 6) is -1.23. The molecule has 0 unspecified atom stereocenters. The van der Waals surface area contributed by atoms with E-state index in [0.29, 0.717) is 6.54 Å². The third-order valence-electron chi connectivity index (χ3n) is 3.27. The largest absolute Gasteiger partial charge is 0.480 e. The van der Waals surface area contributed by atoms with Gasteiger partial charge in [-0.25, -0.2) is 18.1 Å². The number of methoxy groups -OCH3 is 1. The molecule has 1 aromatic heterocycles. The summed E-state index contributed by atoms with van der Waals surface area (Å²) in [7, 11) is -2.80. The van der Waals surface area contributed by atoms with Gasteiger partial charge in [-0.05, 0) is 36.4 Å². The molecule has 2 rings (SSSR count). The van der Waals surface area contributed by atoms with Crippen LogP contribution in [0.4, 0.5) is 0 Å². The van der Waals surface area contributed by atoms with Crippen LogP contribution in [0.15, 0.2) is 60.1 Å². The normalized spacial score (nSPS) is 10.7. The number of hydrogen-bond donors (Lipinski definition) is 2. The number of sulfonamides is 1.